The first-order chi connectivity index (χ1) is 9.99. The van der Waals surface area contributed by atoms with E-state index in [1.807, 2.05) is 19.9 Å². The third-order valence-corrected chi connectivity index (χ3v) is 4.16. The lowest BCUT2D eigenvalue weighted by Crippen LogP contribution is -2.49. The maximum Gasteiger partial charge on any atom is 0.165 e. The van der Waals surface area contributed by atoms with E-state index >= 15 is 0 Å². The van der Waals surface area contributed by atoms with Gasteiger partial charge in [0.2, 0.25) is 0 Å². The molecule has 1 saturated heterocycles. The van der Waals surface area contributed by atoms with Crippen LogP contribution in [0.3, 0.4) is 0 Å². The number of methoxy groups -OCH3 is 1. The molecular weight excluding hydrogens is 307 g/mol. The van der Waals surface area contributed by atoms with Gasteiger partial charge < -0.3 is 15.2 Å². The number of ether oxygens (including phenoxy) is 1. The number of aliphatic hydroxyl groups is 1. The van der Waals surface area contributed by atoms with Crippen LogP contribution >= 0.6 is 12.4 Å². The summed E-state index contributed by atoms with van der Waals surface area (Å²) in [4.78, 5) is 2.31. The van der Waals surface area contributed by atoms with Crippen molar-refractivity contribution < 1.29 is 14.2 Å². The van der Waals surface area contributed by atoms with Crippen molar-refractivity contribution in [2.75, 3.05) is 39.9 Å². The van der Waals surface area contributed by atoms with Crippen molar-refractivity contribution >= 4 is 12.4 Å². The smallest absolute Gasteiger partial charge is 0.165 e. The molecule has 4 nitrogen and oxygen atoms in total. The van der Waals surface area contributed by atoms with E-state index in [2.05, 4.69) is 10.2 Å². The molecule has 0 spiro atoms. The molecule has 2 rings (SSSR count). The maximum atomic E-state index is 14.1. The molecule has 0 bridgehead atoms. The van der Waals surface area contributed by atoms with E-state index in [4.69, 9.17) is 4.74 Å². The van der Waals surface area contributed by atoms with Gasteiger partial charge >= 0.3 is 0 Å². The van der Waals surface area contributed by atoms with E-state index in [-0.39, 0.29) is 42.0 Å². The number of hydrogen-bond acceptors (Lipinski definition) is 4. The molecule has 1 aromatic carbocycles. The van der Waals surface area contributed by atoms with Crippen LogP contribution in [-0.4, -0.2) is 49.9 Å². The SMILES string of the molecule is COc1ccc([C@H](N2CCNCC2)C(C)(C)CO)cc1F.Cl. The van der Waals surface area contributed by atoms with Crippen molar-refractivity contribution in [1.29, 1.82) is 0 Å². The zero-order valence-electron chi connectivity index (χ0n) is 13.4. The molecule has 1 heterocycles. The van der Waals surface area contributed by atoms with Crippen LogP contribution in [0.1, 0.15) is 25.5 Å². The molecule has 126 valence electrons. The predicted molar refractivity (Wildman–Crippen MR) is 88.3 cm³/mol. The van der Waals surface area contributed by atoms with Crippen LogP contribution in [0, 0.1) is 11.2 Å². The molecule has 0 saturated carbocycles. The molecule has 0 aliphatic carbocycles. The van der Waals surface area contributed by atoms with Crippen LogP contribution in [0.15, 0.2) is 18.2 Å². The Bertz CT molecular complexity index is 479. The zero-order valence-corrected chi connectivity index (χ0v) is 14.3. The van der Waals surface area contributed by atoms with Gasteiger partial charge in [-0.25, -0.2) is 4.39 Å². The van der Waals surface area contributed by atoms with Crippen LogP contribution < -0.4 is 10.1 Å². The average Bonchev–Trinajstić information content (AvgIpc) is 2.48. The second-order valence-corrected chi connectivity index (χ2v) is 6.23. The number of rotatable bonds is 5. The molecular formula is C16H26ClFN2O2. The van der Waals surface area contributed by atoms with Gasteiger partial charge in [-0.3, -0.25) is 4.90 Å². The Balaban J connectivity index is 0.00000242. The summed E-state index contributed by atoms with van der Waals surface area (Å²) in [6.45, 7) is 7.69. The van der Waals surface area contributed by atoms with Gasteiger partial charge in [0, 0.05) is 44.2 Å². The minimum Gasteiger partial charge on any atom is -0.494 e. The largest absolute Gasteiger partial charge is 0.494 e. The third-order valence-electron chi connectivity index (χ3n) is 4.16. The third kappa shape index (κ3) is 4.10. The highest BCUT2D eigenvalue weighted by Crippen LogP contribution is 2.39. The molecule has 1 aliphatic rings. The highest BCUT2D eigenvalue weighted by molar-refractivity contribution is 5.85. The Kier molecular flexibility index (Phi) is 7.06. The fourth-order valence-corrected chi connectivity index (χ4v) is 3.04. The lowest BCUT2D eigenvalue weighted by Gasteiger charge is -2.43. The van der Waals surface area contributed by atoms with Crippen LogP contribution in [0.25, 0.3) is 0 Å². The Morgan fingerprint density at radius 2 is 2.00 bits per heavy atom. The normalized spacial score (nSPS) is 17.7. The van der Waals surface area contributed by atoms with Crippen LogP contribution in [-0.2, 0) is 0 Å². The highest BCUT2D eigenvalue weighted by atomic mass is 35.5. The fraction of sp³-hybridized carbons (Fsp3) is 0.625. The van der Waals surface area contributed by atoms with E-state index < -0.39 is 0 Å². The van der Waals surface area contributed by atoms with Gasteiger partial charge in [0.1, 0.15) is 0 Å². The summed E-state index contributed by atoms with van der Waals surface area (Å²) in [5.74, 6) is -0.108. The van der Waals surface area contributed by atoms with E-state index in [1.165, 1.54) is 13.2 Å². The Labute approximate surface area is 138 Å². The summed E-state index contributed by atoms with van der Waals surface area (Å²) >= 11 is 0. The standard InChI is InChI=1S/C16H25FN2O2.ClH/c1-16(2,11-20)15(19-8-6-18-7-9-19)12-4-5-14(21-3)13(17)10-12;/h4-5,10,15,18,20H,6-9,11H2,1-3H3;1H/t15-;/m0./s1. The highest BCUT2D eigenvalue weighted by Gasteiger charge is 2.35. The molecule has 1 fully saturated rings. The minimum atomic E-state index is -0.358. The summed E-state index contributed by atoms with van der Waals surface area (Å²) in [5.41, 5.74) is 0.535. The van der Waals surface area contributed by atoms with Crippen LogP contribution in [0.4, 0.5) is 4.39 Å². The summed E-state index contributed by atoms with van der Waals surface area (Å²) < 4.78 is 19.0. The van der Waals surface area contributed by atoms with Crippen molar-refractivity contribution in [3.63, 3.8) is 0 Å². The van der Waals surface area contributed by atoms with Gasteiger partial charge in [0.05, 0.1) is 7.11 Å². The summed E-state index contributed by atoms with van der Waals surface area (Å²) in [6, 6.07) is 5.06. The van der Waals surface area contributed by atoms with Crippen LogP contribution in [0.5, 0.6) is 5.75 Å². The number of nitrogens with one attached hydrogen (secondary N) is 1. The molecule has 1 aliphatic heterocycles. The Morgan fingerprint density at radius 3 is 2.50 bits per heavy atom. The maximum absolute atomic E-state index is 14.1. The second kappa shape index (κ2) is 8.11. The molecule has 0 unspecified atom stereocenters. The van der Waals surface area contributed by atoms with Gasteiger partial charge in [-0.15, -0.1) is 12.4 Å². The van der Waals surface area contributed by atoms with Gasteiger partial charge in [-0.05, 0) is 17.7 Å². The average molecular weight is 333 g/mol. The van der Waals surface area contributed by atoms with E-state index in [9.17, 15) is 9.50 Å². The number of halogens is 2. The summed E-state index contributed by atoms with van der Waals surface area (Å²) in [5, 5.41) is 13.1. The van der Waals surface area contributed by atoms with Crippen molar-refractivity contribution in [2.24, 2.45) is 5.41 Å². The first kappa shape index (κ1) is 19.2. The molecule has 1 aromatic rings. The summed E-state index contributed by atoms with van der Waals surface area (Å²) in [6.07, 6.45) is 0. The van der Waals surface area contributed by atoms with Crippen molar-refractivity contribution in [3.8, 4) is 5.75 Å². The zero-order chi connectivity index (χ0) is 15.5. The molecule has 0 amide bonds. The van der Waals surface area contributed by atoms with Crippen molar-refractivity contribution in [2.45, 2.75) is 19.9 Å². The topological polar surface area (TPSA) is 44.7 Å². The number of nitrogens with zero attached hydrogens (tertiary/aromatic N) is 1. The quantitative estimate of drug-likeness (QED) is 0.868. The number of aliphatic hydroxyl groups excluding tert-OH is 1. The molecule has 2 N–H and O–H groups in total. The van der Waals surface area contributed by atoms with E-state index in [0.29, 0.717) is 0 Å². The fourth-order valence-electron chi connectivity index (χ4n) is 3.04. The first-order valence-electron chi connectivity index (χ1n) is 7.38. The van der Waals surface area contributed by atoms with Gasteiger partial charge in [-0.2, -0.15) is 0 Å². The molecule has 22 heavy (non-hydrogen) atoms. The van der Waals surface area contributed by atoms with Gasteiger partial charge in [0.15, 0.2) is 11.6 Å². The molecule has 0 radical (unpaired) electrons. The van der Waals surface area contributed by atoms with E-state index in [1.54, 1.807) is 6.07 Å². The first-order valence-corrected chi connectivity index (χ1v) is 7.38. The molecule has 1 atom stereocenters. The number of benzene rings is 1. The lowest BCUT2D eigenvalue weighted by atomic mass is 9.79. The number of piperazine rings is 1. The number of hydrogen-bond donors (Lipinski definition) is 2. The minimum absolute atomic E-state index is 0. The van der Waals surface area contributed by atoms with Crippen LogP contribution in [0.2, 0.25) is 0 Å². The lowest BCUT2D eigenvalue weighted by molar-refractivity contribution is 0.0303. The Morgan fingerprint density at radius 1 is 1.36 bits per heavy atom. The Hall–Kier alpha value is -0.880. The molecule has 0 aromatic heterocycles. The monoisotopic (exact) mass is 332 g/mol. The molecule has 6 heteroatoms. The van der Waals surface area contributed by atoms with Crippen molar-refractivity contribution in [3.05, 3.63) is 29.6 Å². The summed E-state index contributed by atoms with van der Waals surface area (Å²) in [7, 11) is 1.46. The predicted octanol–water partition coefficient (Wildman–Crippen LogP) is 2.22. The van der Waals surface area contributed by atoms with Gasteiger partial charge in [0.25, 0.3) is 0 Å². The van der Waals surface area contributed by atoms with Crippen molar-refractivity contribution in [1.82, 2.24) is 10.2 Å². The van der Waals surface area contributed by atoms with E-state index in [0.717, 1.165) is 31.7 Å². The second-order valence-electron chi connectivity index (χ2n) is 6.23. The van der Waals surface area contributed by atoms with Gasteiger partial charge in [-0.1, -0.05) is 19.9 Å².